The Bertz CT molecular complexity index is 1580. The van der Waals surface area contributed by atoms with Crippen molar-refractivity contribution in [1.29, 1.82) is 0 Å². The van der Waals surface area contributed by atoms with Crippen LogP contribution in [0.15, 0.2) is 59.7 Å². The number of amidine groups is 1. The molecule has 0 aliphatic carbocycles. The Hall–Kier alpha value is -4.52. The van der Waals surface area contributed by atoms with Crippen LogP contribution in [0.3, 0.4) is 0 Å². The van der Waals surface area contributed by atoms with Gasteiger partial charge in [-0.25, -0.2) is 14.4 Å². The average Bonchev–Trinajstić information content (AvgIpc) is 3.37. The van der Waals surface area contributed by atoms with Crippen molar-refractivity contribution in [3.05, 3.63) is 71.7 Å². The van der Waals surface area contributed by atoms with E-state index >= 15 is 0 Å². The van der Waals surface area contributed by atoms with Gasteiger partial charge in [-0.2, -0.15) is 18.3 Å². The van der Waals surface area contributed by atoms with Crippen LogP contribution < -0.4 is 15.8 Å². The summed E-state index contributed by atoms with van der Waals surface area (Å²) in [6, 6.07) is 12.5. The molecule has 41 heavy (non-hydrogen) atoms. The second-order valence-electron chi connectivity index (χ2n) is 9.70. The molecule has 3 heterocycles. The van der Waals surface area contributed by atoms with Crippen molar-refractivity contribution < 1.29 is 27.1 Å². The van der Waals surface area contributed by atoms with Crippen molar-refractivity contribution >= 4 is 28.5 Å². The van der Waals surface area contributed by atoms with Gasteiger partial charge in [0.25, 0.3) is 5.91 Å². The number of nitrogens with zero attached hydrogens (tertiary/aromatic N) is 4. The fourth-order valence-corrected chi connectivity index (χ4v) is 4.85. The van der Waals surface area contributed by atoms with E-state index in [1.165, 1.54) is 31.5 Å². The molecular formula is C28H27F4N7O2. The lowest BCUT2D eigenvalue weighted by molar-refractivity contribution is -0.0598. The molecule has 0 unspecified atom stereocenters. The molecule has 1 atom stereocenters. The number of piperidine rings is 1. The first-order valence-electron chi connectivity index (χ1n) is 12.8. The van der Waals surface area contributed by atoms with E-state index in [0.717, 1.165) is 19.4 Å². The van der Waals surface area contributed by atoms with Gasteiger partial charge in [0, 0.05) is 47.4 Å². The van der Waals surface area contributed by atoms with E-state index in [1.54, 1.807) is 30.3 Å². The Kier molecular flexibility index (Phi) is 7.88. The van der Waals surface area contributed by atoms with Crippen LogP contribution in [0.25, 0.3) is 22.2 Å². The number of fused-ring (bicyclic) bond motifs is 1. The molecule has 0 radical (unpaired) electrons. The van der Waals surface area contributed by atoms with Gasteiger partial charge in [-0.1, -0.05) is 6.07 Å². The summed E-state index contributed by atoms with van der Waals surface area (Å²) in [5.41, 5.74) is 7.53. The zero-order chi connectivity index (χ0) is 29.1. The summed E-state index contributed by atoms with van der Waals surface area (Å²) in [6.07, 6.45) is -1.78. The number of carbonyl (C=O) groups is 1. The smallest absolute Gasteiger partial charge is 0.449 e. The third-order valence-corrected chi connectivity index (χ3v) is 6.89. The first kappa shape index (κ1) is 28.0. The highest BCUT2D eigenvalue weighted by molar-refractivity contribution is 6.01. The molecule has 1 aliphatic heterocycles. The number of pyridine rings is 1. The van der Waals surface area contributed by atoms with Crippen LogP contribution in [-0.4, -0.2) is 64.2 Å². The molecule has 0 bridgehead atoms. The van der Waals surface area contributed by atoms with Crippen molar-refractivity contribution in [1.82, 2.24) is 25.4 Å². The molecule has 1 aliphatic rings. The van der Waals surface area contributed by atoms with Gasteiger partial charge < -0.3 is 15.8 Å². The predicted octanol–water partition coefficient (Wildman–Crippen LogP) is 4.72. The third-order valence-electron chi connectivity index (χ3n) is 6.89. The Morgan fingerprint density at radius 1 is 1.24 bits per heavy atom. The van der Waals surface area contributed by atoms with Crippen LogP contribution in [0, 0.1) is 5.82 Å². The van der Waals surface area contributed by atoms with Crippen molar-refractivity contribution in [2.75, 3.05) is 20.2 Å². The number of nitrogens with one attached hydrogen (secondary N) is 2. The molecule has 214 valence electrons. The maximum atomic E-state index is 14.5. The first-order chi connectivity index (χ1) is 19.6. The molecule has 0 spiro atoms. The number of methoxy groups -OCH3 is 1. The minimum Gasteiger partial charge on any atom is -0.496 e. The minimum atomic E-state index is -4.75. The topological polar surface area (TPSA) is 122 Å². The number of aliphatic imine (C=N–C) groups is 1. The molecule has 13 heteroatoms. The third kappa shape index (κ3) is 6.30. The number of ether oxygens (including phenoxy) is 1. The number of nitrogens with two attached hydrogens (primary N) is 1. The summed E-state index contributed by atoms with van der Waals surface area (Å²) in [5.74, 6) is -1.80. The zero-order valence-corrected chi connectivity index (χ0v) is 22.0. The number of hydrogen-bond donors (Lipinski definition) is 3. The summed E-state index contributed by atoms with van der Waals surface area (Å²) in [4.78, 5) is 22.5. The Labute approximate surface area is 232 Å². The molecule has 5 rings (SSSR count). The molecule has 1 fully saturated rings. The Balaban J connectivity index is 1.29. The Morgan fingerprint density at radius 3 is 2.80 bits per heavy atom. The lowest BCUT2D eigenvalue weighted by Crippen LogP contribution is -2.47. The summed E-state index contributed by atoms with van der Waals surface area (Å²) in [5, 5.41) is 10.9. The SMILES string of the molecule is COc1cccc(F)c1CN1CCC[C@@H](NC(=O)c2ccc3[nH]nc(-c4ccc(N=C(N)C(F)(F)F)nc4)c3c2)C1. The lowest BCUT2D eigenvalue weighted by Gasteiger charge is -2.33. The van der Waals surface area contributed by atoms with E-state index in [2.05, 4.69) is 30.4 Å². The lowest BCUT2D eigenvalue weighted by atomic mass is 10.0. The average molecular weight is 570 g/mol. The number of rotatable bonds is 7. The van der Waals surface area contributed by atoms with Gasteiger partial charge in [-0.3, -0.25) is 14.8 Å². The van der Waals surface area contributed by atoms with Crippen LogP contribution in [0.5, 0.6) is 5.75 Å². The number of benzene rings is 2. The molecule has 1 amide bonds. The molecule has 1 saturated heterocycles. The van der Waals surface area contributed by atoms with E-state index < -0.39 is 12.0 Å². The number of H-pyrrole nitrogens is 1. The van der Waals surface area contributed by atoms with Crippen LogP contribution in [0.1, 0.15) is 28.8 Å². The second kappa shape index (κ2) is 11.5. The van der Waals surface area contributed by atoms with Gasteiger partial charge in [-0.15, -0.1) is 0 Å². The number of alkyl halides is 3. The summed E-state index contributed by atoms with van der Waals surface area (Å²) >= 11 is 0. The molecule has 4 N–H and O–H groups in total. The normalized spacial score (nSPS) is 16.6. The monoisotopic (exact) mass is 569 g/mol. The van der Waals surface area contributed by atoms with Crippen LogP contribution in [0.2, 0.25) is 0 Å². The maximum Gasteiger partial charge on any atom is 0.449 e. The zero-order valence-electron chi connectivity index (χ0n) is 22.0. The number of halogens is 4. The number of aromatic amines is 1. The molecule has 4 aromatic rings. The largest absolute Gasteiger partial charge is 0.496 e. The van der Waals surface area contributed by atoms with E-state index in [4.69, 9.17) is 10.5 Å². The Morgan fingerprint density at radius 2 is 2.07 bits per heavy atom. The maximum absolute atomic E-state index is 14.5. The van der Waals surface area contributed by atoms with Gasteiger partial charge in [0.15, 0.2) is 5.82 Å². The van der Waals surface area contributed by atoms with Crippen molar-refractivity contribution in [3.8, 4) is 17.0 Å². The standard InChI is InChI=1S/C28H27F4N7O2/c1-41-23-6-2-5-21(29)20(23)15-39-11-3-4-18(14-39)35-26(40)16-7-9-22-19(12-16)25(38-37-22)17-8-10-24(34-13-17)36-27(33)28(30,31)32/h2,5-10,12-13,18H,3-4,11,14-15H2,1H3,(H,35,40)(H,37,38)(H2,33,34,36)/t18-/m1/s1. The van der Waals surface area contributed by atoms with Gasteiger partial charge in [0.05, 0.1) is 12.6 Å². The van der Waals surface area contributed by atoms with Crippen molar-refractivity contribution in [2.45, 2.75) is 31.6 Å². The van der Waals surface area contributed by atoms with Gasteiger partial charge in [0.2, 0.25) is 5.84 Å². The molecule has 0 saturated carbocycles. The number of hydrogen-bond acceptors (Lipinski definition) is 6. The van der Waals surface area contributed by atoms with E-state index in [0.29, 0.717) is 52.1 Å². The fourth-order valence-electron chi connectivity index (χ4n) is 4.85. The number of amides is 1. The highest BCUT2D eigenvalue weighted by atomic mass is 19.4. The van der Waals surface area contributed by atoms with Crippen LogP contribution in [0.4, 0.5) is 23.4 Å². The van der Waals surface area contributed by atoms with Gasteiger partial charge in [-0.05, 0) is 61.9 Å². The number of likely N-dealkylation sites (tertiary alicyclic amines) is 1. The molecule has 2 aromatic carbocycles. The second-order valence-corrected chi connectivity index (χ2v) is 9.70. The molecule has 2 aromatic heterocycles. The predicted molar refractivity (Wildman–Crippen MR) is 145 cm³/mol. The number of carbonyl (C=O) groups excluding carboxylic acids is 1. The van der Waals surface area contributed by atoms with E-state index in [1.807, 2.05) is 0 Å². The summed E-state index contributed by atoms with van der Waals surface area (Å²) in [7, 11) is 1.51. The highest BCUT2D eigenvalue weighted by Crippen LogP contribution is 2.29. The highest BCUT2D eigenvalue weighted by Gasteiger charge is 2.33. The van der Waals surface area contributed by atoms with Crippen molar-refractivity contribution in [2.24, 2.45) is 10.7 Å². The number of aromatic nitrogens is 3. The quantitative estimate of drug-likeness (QED) is 0.168. The van der Waals surface area contributed by atoms with E-state index in [-0.39, 0.29) is 23.6 Å². The van der Waals surface area contributed by atoms with Gasteiger partial charge >= 0.3 is 6.18 Å². The molecule has 9 nitrogen and oxygen atoms in total. The van der Waals surface area contributed by atoms with Crippen LogP contribution >= 0.6 is 0 Å². The van der Waals surface area contributed by atoms with Gasteiger partial charge in [0.1, 0.15) is 17.3 Å². The van der Waals surface area contributed by atoms with E-state index in [9.17, 15) is 22.4 Å². The van der Waals surface area contributed by atoms with Crippen molar-refractivity contribution in [3.63, 3.8) is 0 Å². The summed E-state index contributed by atoms with van der Waals surface area (Å²) < 4.78 is 57.8. The van der Waals surface area contributed by atoms with Crippen LogP contribution in [-0.2, 0) is 6.54 Å². The fraction of sp³-hybridized carbons (Fsp3) is 0.286. The summed E-state index contributed by atoms with van der Waals surface area (Å²) in [6.45, 7) is 1.70. The minimum absolute atomic E-state index is 0.130. The molecular weight excluding hydrogens is 542 g/mol. The first-order valence-corrected chi connectivity index (χ1v) is 12.8.